The first kappa shape index (κ1) is 14.2. The summed E-state index contributed by atoms with van der Waals surface area (Å²) in [6.45, 7) is 4.73. The van der Waals surface area contributed by atoms with Crippen LogP contribution in [0.3, 0.4) is 0 Å². The van der Waals surface area contributed by atoms with E-state index in [4.69, 9.17) is 16.3 Å². The van der Waals surface area contributed by atoms with E-state index in [1.54, 1.807) is 0 Å². The van der Waals surface area contributed by atoms with E-state index in [1.165, 1.54) is 31.2 Å². The quantitative estimate of drug-likeness (QED) is 0.846. The van der Waals surface area contributed by atoms with Gasteiger partial charge in [-0.3, -0.25) is 0 Å². The van der Waals surface area contributed by atoms with Crippen molar-refractivity contribution in [1.29, 1.82) is 0 Å². The fraction of sp³-hybridized carbons (Fsp3) is 0.647. The molecule has 0 aliphatic heterocycles. The highest BCUT2D eigenvalue weighted by Gasteiger charge is 2.39. The van der Waals surface area contributed by atoms with E-state index >= 15 is 0 Å². The van der Waals surface area contributed by atoms with Crippen LogP contribution in [0.15, 0.2) is 18.2 Å². The lowest BCUT2D eigenvalue weighted by atomic mass is 9.89. The molecule has 2 saturated carbocycles. The summed E-state index contributed by atoms with van der Waals surface area (Å²) in [4.78, 5) is 0. The molecule has 3 atom stereocenters. The maximum Gasteiger partial charge on any atom is 0.142 e. The average molecular weight is 294 g/mol. The molecule has 2 nitrogen and oxygen atoms in total. The molecule has 0 saturated heterocycles. The number of rotatable bonds is 6. The molecule has 1 aromatic rings. The Bertz CT molecular complexity index is 462. The van der Waals surface area contributed by atoms with Gasteiger partial charge in [0.05, 0.1) is 11.6 Å². The third kappa shape index (κ3) is 2.96. The van der Waals surface area contributed by atoms with Crippen molar-refractivity contribution in [2.45, 2.75) is 39.2 Å². The number of para-hydroxylation sites is 1. The second-order valence-electron chi connectivity index (χ2n) is 6.25. The molecule has 2 fully saturated rings. The van der Waals surface area contributed by atoms with Gasteiger partial charge in [0, 0.05) is 12.1 Å². The Morgan fingerprint density at radius 3 is 2.90 bits per heavy atom. The first-order valence-electron chi connectivity index (χ1n) is 7.88. The van der Waals surface area contributed by atoms with E-state index in [9.17, 15) is 0 Å². The van der Waals surface area contributed by atoms with Crippen molar-refractivity contribution in [3.63, 3.8) is 0 Å². The predicted octanol–water partition coefficient (Wildman–Crippen LogP) is 4.26. The summed E-state index contributed by atoms with van der Waals surface area (Å²) in [5.41, 5.74) is 1.17. The topological polar surface area (TPSA) is 21.3 Å². The zero-order valence-electron chi connectivity index (χ0n) is 12.2. The van der Waals surface area contributed by atoms with Crippen LogP contribution in [-0.2, 0) is 6.54 Å². The molecule has 0 aromatic heterocycles. The number of nitrogens with one attached hydrogen (secondary N) is 1. The number of hydrogen-bond acceptors (Lipinski definition) is 2. The van der Waals surface area contributed by atoms with Gasteiger partial charge in [-0.15, -0.1) is 0 Å². The van der Waals surface area contributed by atoms with Gasteiger partial charge in [-0.2, -0.15) is 0 Å². The molecule has 3 unspecified atom stereocenters. The van der Waals surface area contributed by atoms with E-state index in [0.717, 1.165) is 48.2 Å². The van der Waals surface area contributed by atoms with Crippen molar-refractivity contribution in [2.24, 2.45) is 17.8 Å². The summed E-state index contributed by atoms with van der Waals surface area (Å²) in [7, 11) is 0. The Morgan fingerprint density at radius 2 is 2.20 bits per heavy atom. The van der Waals surface area contributed by atoms with Crippen molar-refractivity contribution >= 4 is 11.6 Å². The van der Waals surface area contributed by atoms with Crippen LogP contribution in [0.1, 0.15) is 38.2 Å². The lowest BCUT2D eigenvalue weighted by Gasteiger charge is -2.23. The number of hydrogen-bond donors (Lipinski definition) is 1. The Labute approximate surface area is 126 Å². The largest absolute Gasteiger partial charge is 0.491 e. The zero-order valence-corrected chi connectivity index (χ0v) is 13.0. The molecule has 2 bridgehead atoms. The summed E-state index contributed by atoms with van der Waals surface area (Å²) in [5.74, 6) is 3.51. The second kappa shape index (κ2) is 6.36. The third-order valence-corrected chi connectivity index (χ3v) is 5.24. The van der Waals surface area contributed by atoms with Gasteiger partial charge in [0.15, 0.2) is 0 Å². The monoisotopic (exact) mass is 293 g/mol. The van der Waals surface area contributed by atoms with Crippen LogP contribution < -0.4 is 10.1 Å². The van der Waals surface area contributed by atoms with Gasteiger partial charge in [-0.05, 0) is 49.6 Å². The fourth-order valence-corrected chi connectivity index (χ4v) is 4.13. The summed E-state index contributed by atoms with van der Waals surface area (Å²) in [6, 6.07) is 6.03. The minimum absolute atomic E-state index is 0.739. The van der Waals surface area contributed by atoms with Gasteiger partial charge in [-0.25, -0.2) is 0 Å². The van der Waals surface area contributed by atoms with Crippen LogP contribution in [0.2, 0.25) is 5.02 Å². The van der Waals surface area contributed by atoms with Gasteiger partial charge in [0.1, 0.15) is 5.75 Å². The molecule has 0 spiro atoms. The molecule has 20 heavy (non-hydrogen) atoms. The SMILES string of the molecule is CCNCc1cccc(Cl)c1OCC1CC2CCC1C2. The predicted molar refractivity (Wildman–Crippen MR) is 83.3 cm³/mol. The molecule has 3 rings (SSSR count). The van der Waals surface area contributed by atoms with Crippen LogP contribution in [0.5, 0.6) is 5.75 Å². The van der Waals surface area contributed by atoms with Crippen LogP contribution in [0.4, 0.5) is 0 Å². The Balaban J connectivity index is 1.64. The molecule has 0 heterocycles. The van der Waals surface area contributed by atoms with Crippen molar-refractivity contribution < 1.29 is 4.74 Å². The zero-order chi connectivity index (χ0) is 13.9. The van der Waals surface area contributed by atoms with E-state index in [1.807, 2.05) is 12.1 Å². The molecular formula is C17H24ClNO. The lowest BCUT2D eigenvalue weighted by molar-refractivity contribution is 0.194. The maximum atomic E-state index is 6.32. The molecule has 1 N–H and O–H groups in total. The van der Waals surface area contributed by atoms with Crippen LogP contribution in [0.25, 0.3) is 0 Å². The van der Waals surface area contributed by atoms with Gasteiger partial charge >= 0.3 is 0 Å². The summed E-state index contributed by atoms with van der Waals surface area (Å²) in [5, 5.41) is 4.09. The molecule has 1 aromatic carbocycles. The lowest BCUT2D eigenvalue weighted by Crippen LogP contribution is -2.20. The van der Waals surface area contributed by atoms with Gasteiger partial charge in [-0.1, -0.05) is 37.1 Å². The molecule has 0 radical (unpaired) electrons. The highest BCUT2D eigenvalue weighted by Crippen LogP contribution is 2.48. The molecule has 2 aliphatic carbocycles. The van der Waals surface area contributed by atoms with Crippen LogP contribution in [-0.4, -0.2) is 13.2 Å². The Morgan fingerprint density at radius 1 is 1.30 bits per heavy atom. The minimum atomic E-state index is 0.739. The maximum absolute atomic E-state index is 6.32. The Hall–Kier alpha value is -0.730. The van der Waals surface area contributed by atoms with E-state index in [2.05, 4.69) is 18.3 Å². The van der Waals surface area contributed by atoms with E-state index in [-0.39, 0.29) is 0 Å². The van der Waals surface area contributed by atoms with Crippen molar-refractivity contribution in [3.8, 4) is 5.75 Å². The number of halogens is 1. The first-order valence-corrected chi connectivity index (χ1v) is 8.26. The number of benzene rings is 1. The number of ether oxygens (including phenoxy) is 1. The van der Waals surface area contributed by atoms with Crippen molar-refractivity contribution in [1.82, 2.24) is 5.32 Å². The van der Waals surface area contributed by atoms with E-state index < -0.39 is 0 Å². The van der Waals surface area contributed by atoms with Crippen molar-refractivity contribution in [3.05, 3.63) is 28.8 Å². The first-order chi connectivity index (χ1) is 9.78. The summed E-state index contributed by atoms with van der Waals surface area (Å²) >= 11 is 6.32. The van der Waals surface area contributed by atoms with Gasteiger partial charge in [0.25, 0.3) is 0 Å². The van der Waals surface area contributed by atoms with Gasteiger partial charge < -0.3 is 10.1 Å². The molecule has 110 valence electrons. The highest BCUT2D eigenvalue weighted by molar-refractivity contribution is 6.32. The van der Waals surface area contributed by atoms with Crippen molar-refractivity contribution in [2.75, 3.05) is 13.2 Å². The third-order valence-electron chi connectivity index (χ3n) is 4.94. The average Bonchev–Trinajstić information content (AvgIpc) is 3.06. The van der Waals surface area contributed by atoms with Gasteiger partial charge in [0.2, 0.25) is 0 Å². The molecule has 2 aliphatic rings. The summed E-state index contributed by atoms with van der Waals surface area (Å²) < 4.78 is 6.13. The normalized spacial score (nSPS) is 28.0. The van der Waals surface area contributed by atoms with E-state index in [0.29, 0.717) is 0 Å². The standard InChI is InChI=1S/C17H24ClNO/c1-2-19-10-14-4-3-5-16(18)17(14)20-11-15-9-12-6-7-13(15)8-12/h3-5,12-13,15,19H,2,6-11H2,1H3. The molecular weight excluding hydrogens is 270 g/mol. The fourth-order valence-electron chi connectivity index (χ4n) is 3.88. The number of fused-ring (bicyclic) bond motifs is 2. The molecule has 0 amide bonds. The van der Waals surface area contributed by atoms with Crippen LogP contribution in [0, 0.1) is 17.8 Å². The summed E-state index contributed by atoms with van der Waals surface area (Å²) in [6.07, 6.45) is 5.64. The Kier molecular flexibility index (Phi) is 4.52. The van der Waals surface area contributed by atoms with Crippen LogP contribution >= 0.6 is 11.6 Å². The minimum Gasteiger partial charge on any atom is -0.491 e. The smallest absolute Gasteiger partial charge is 0.142 e. The molecule has 3 heteroatoms. The second-order valence-corrected chi connectivity index (χ2v) is 6.66. The highest BCUT2D eigenvalue weighted by atomic mass is 35.5.